The van der Waals surface area contributed by atoms with Crippen LogP contribution >= 0.6 is 0 Å². The normalized spacial score (nSPS) is 9.00. The van der Waals surface area contributed by atoms with Crippen LogP contribution in [-0.2, 0) is 0 Å². The number of aliphatic hydroxyl groups is 1. The molecule has 1 N–H and O–H groups in total. The summed E-state index contributed by atoms with van der Waals surface area (Å²) in [5.41, 5.74) is 0. The van der Waals surface area contributed by atoms with Crippen LogP contribution in [0.2, 0.25) is 0 Å². The van der Waals surface area contributed by atoms with E-state index in [2.05, 4.69) is 6.92 Å². The molecule has 0 saturated carbocycles. The van der Waals surface area contributed by atoms with Crippen molar-refractivity contribution < 1.29 is 5.11 Å². The van der Waals surface area contributed by atoms with Crippen molar-refractivity contribution in [2.45, 2.75) is 45.4 Å². The first-order chi connectivity index (χ1) is 4.41. The molecule has 0 atom stereocenters. The molecule has 0 radical (unpaired) electrons. The van der Waals surface area contributed by atoms with Crippen LogP contribution in [0.1, 0.15) is 45.4 Å². The molecule has 10 heavy (non-hydrogen) atoms. The van der Waals surface area contributed by atoms with Crippen molar-refractivity contribution in [1.29, 1.82) is 0 Å². The van der Waals surface area contributed by atoms with E-state index in [1.54, 1.807) is 0 Å². The predicted molar refractivity (Wildman–Crippen MR) is 47.6 cm³/mol. The number of hydrogen-bond donors (Lipinski definition) is 1. The van der Waals surface area contributed by atoms with Gasteiger partial charge in [0.2, 0.25) is 0 Å². The fraction of sp³-hybridized carbons (Fsp3) is 1.00. The van der Waals surface area contributed by atoms with Crippen molar-refractivity contribution in [3.63, 3.8) is 0 Å². The number of aliphatic hydroxyl groups excluding tert-OH is 1. The summed E-state index contributed by atoms with van der Waals surface area (Å²) < 4.78 is 0. The van der Waals surface area contributed by atoms with Gasteiger partial charge in [0, 0.05) is 6.61 Å². The molecular weight excluding hydrogens is 151 g/mol. The van der Waals surface area contributed by atoms with Gasteiger partial charge >= 0.3 is 51.4 Å². The third kappa shape index (κ3) is 12.3. The van der Waals surface area contributed by atoms with Crippen LogP contribution in [-0.4, -0.2) is 63.1 Å². The van der Waals surface area contributed by atoms with Crippen molar-refractivity contribution in [2.75, 3.05) is 6.61 Å². The first kappa shape index (κ1) is 14.1. The summed E-state index contributed by atoms with van der Waals surface area (Å²) in [6.07, 6.45) is 7.50. The molecule has 58 valence electrons. The van der Waals surface area contributed by atoms with Crippen LogP contribution in [0, 0.1) is 0 Å². The Bertz CT molecular complexity index is 42.5. The average molecular weight is 170 g/mol. The van der Waals surface area contributed by atoms with Gasteiger partial charge in [-0.1, -0.05) is 39.0 Å². The van der Waals surface area contributed by atoms with Crippen molar-refractivity contribution >= 4 is 51.4 Å². The molecule has 0 rings (SSSR count). The van der Waals surface area contributed by atoms with Gasteiger partial charge in [0.05, 0.1) is 0 Å². The van der Waals surface area contributed by atoms with Crippen molar-refractivity contribution in [3.05, 3.63) is 0 Å². The van der Waals surface area contributed by atoms with Gasteiger partial charge in [-0.25, -0.2) is 0 Å². The Kier molecular flexibility index (Phi) is 18.7. The number of rotatable bonds is 6. The fourth-order valence-electron chi connectivity index (χ4n) is 0.892. The van der Waals surface area contributed by atoms with Crippen LogP contribution in [0.25, 0.3) is 0 Å². The van der Waals surface area contributed by atoms with Gasteiger partial charge in [-0.05, 0) is 6.42 Å². The SMILES string of the molecule is CCCCCCCCO.[KH]. The summed E-state index contributed by atoms with van der Waals surface area (Å²) in [7, 11) is 0. The van der Waals surface area contributed by atoms with E-state index in [1.807, 2.05) is 0 Å². The fourth-order valence-corrected chi connectivity index (χ4v) is 0.892. The predicted octanol–water partition coefficient (Wildman–Crippen LogP) is 1.69. The molecule has 0 aliphatic rings. The molecule has 1 nitrogen and oxygen atoms in total. The molecule has 0 fully saturated rings. The van der Waals surface area contributed by atoms with Crippen molar-refractivity contribution in [3.8, 4) is 0 Å². The summed E-state index contributed by atoms with van der Waals surface area (Å²) in [6.45, 7) is 2.58. The Morgan fingerprint density at radius 3 is 1.90 bits per heavy atom. The Morgan fingerprint density at radius 1 is 0.900 bits per heavy atom. The van der Waals surface area contributed by atoms with Gasteiger partial charge in [0.1, 0.15) is 0 Å². The Labute approximate surface area is 107 Å². The van der Waals surface area contributed by atoms with Crippen molar-refractivity contribution in [1.82, 2.24) is 0 Å². The van der Waals surface area contributed by atoms with Crippen LogP contribution in [0.4, 0.5) is 0 Å². The van der Waals surface area contributed by atoms with Gasteiger partial charge < -0.3 is 5.11 Å². The van der Waals surface area contributed by atoms with E-state index in [0.717, 1.165) is 6.42 Å². The summed E-state index contributed by atoms with van der Waals surface area (Å²) in [6, 6.07) is 0. The summed E-state index contributed by atoms with van der Waals surface area (Å²) in [5.74, 6) is 0. The van der Waals surface area contributed by atoms with E-state index in [1.165, 1.54) is 32.1 Å². The Morgan fingerprint density at radius 2 is 1.40 bits per heavy atom. The molecule has 0 aromatic heterocycles. The average Bonchev–Trinajstić information content (AvgIpc) is 1.89. The number of unbranched alkanes of at least 4 members (excludes halogenated alkanes) is 5. The molecule has 0 heterocycles. The minimum atomic E-state index is 0. The molecular formula is C8H19KO. The molecule has 0 unspecified atom stereocenters. The molecule has 0 aliphatic carbocycles. The number of hydrogen-bond acceptors (Lipinski definition) is 1. The molecule has 2 heteroatoms. The third-order valence-electron chi connectivity index (χ3n) is 1.51. The summed E-state index contributed by atoms with van der Waals surface area (Å²) in [5, 5.41) is 8.42. The Balaban J connectivity index is 0. The first-order valence-electron chi connectivity index (χ1n) is 4.02. The van der Waals surface area contributed by atoms with Crippen LogP contribution in [0.15, 0.2) is 0 Å². The van der Waals surface area contributed by atoms with Crippen LogP contribution in [0.3, 0.4) is 0 Å². The molecule has 0 spiro atoms. The van der Waals surface area contributed by atoms with E-state index in [0.29, 0.717) is 6.61 Å². The van der Waals surface area contributed by atoms with E-state index in [4.69, 9.17) is 5.11 Å². The summed E-state index contributed by atoms with van der Waals surface area (Å²) in [4.78, 5) is 0. The van der Waals surface area contributed by atoms with E-state index in [-0.39, 0.29) is 51.4 Å². The zero-order chi connectivity index (χ0) is 6.95. The zero-order valence-electron chi connectivity index (χ0n) is 6.40. The van der Waals surface area contributed by atoms with Gasteiger partial charge in [0.25, 0.3) is 0 Å². The minimum absolute atomic E-state index is 0. The quantitative estimate of drug-likeness (QED) is 0.475. The summed E-state index contributed by atoms with van der Waals surface area (Å²) >= 11 is 0. The standard InChI is InChI=1S/C8H18O.K.H/c1-2-3-4-5-6-7-8-9;;/h9H,2-8H2,1H3;;. The molecule has 0 aromatic carbocycles. The second-order valence-corrected chi connectivity index (χ2v) is 2.49. The van der Waals surface area contributed by atoms with Gasteiger partial charge in [-0.2, -0.15) is 0 Å². The third-order valence-corrected chi connectivity index (χ3v) is 1.51. The monoisotopic (exact) mass is 170 g/mol. The van der Waals surface area contributed by atoms with Crippen LogP contribution in [0.5, 0.6) is 0 Å². The second-order valence-electron chi connectivity index (χ2n) is 2.49. The molecule has 0 aromatic rings. The van der Waals surface area contributed by atoms with Gasteiger partial charge in [0.15, 0.2) is 0 Å². The van der Waals surface area contributed by atoms with Gasteiger partial charge in [-0.3, -0.25) is 0 Å². The van der Waals surface area contributed by atoms with Crippen molar-refractivity contribution in [2.24, 2.45) is 0 Å². The molecule has 0 aliphatic heterocycles. The zero-order valence-corrected chi connectivity index (χ0v) is 6.40. The van der Waals surface area contributed by atoms with Crippen LogP contribution < -0.4 is 0 Å². The topological polar surface area (TPSA) is 20.2 Å². The van der Waals surface area contributed by atoms with Gasteiger partial charge in [-0.15, -0.1) is 0 Å². The van der Waals surface area contributed by atoms with E-state index >= 15 is 0 Å². The second kappa shape index (κ2) is 13.2. The van der Waals surface area contributed by atoms with E-state index in [9.17, 15) is 0 Å². The van der Waals surface area contributed by atoms with E-state index < -0.39 is 0 Å². The maximum absolute atomic E-state index is 8.42. The molecule has 0 bridgehead atoms. The Hall–Kier alpha value is 1.60. The molecule has 0 amide bonds. The first-order valence-corrected chi connectivity index (χ1v) is 4.02. The maximum atomic E-state index is 8.42. The molecule has 0 saturated heterocycles.